The van der Waals surface area contributed by atoms with Crippen LogP contribution < -0.4 is 18.9 Å². The molecule has 0 amide bonds. The summed E-state index contributed by atoms with van der Waals surface area (Å²) in [6.45, 7) is 0.167. The highest BCUT2D eigenvalue weighted by Crippen LogP contribution is 2.35. The lowest BCUT2D eigenvalue weighted by atomic mass is 9.99. The Morgan fingerprint density at radius 1 is 1.13 bits per heavy atom. The van der Waals surface area contributed by atoms with Gasteiger partial charge in [-0.05, 0) is 42.0 Å². The SMILES string of the molecule is COc1ccc(OCC(C(=O)O)c2ccc3c(c2)OCO3)cc1. The van der Waals surface area contributed by atoms with Crippen molar-refractivity contribution < 1.29 is 28.8 Å². The number of hydrogen-bond acceptors (Lipinski definition) is 5. The first-order chi connectivity index (χ1) is 11.2. The summed E-state index contributed by atoms with van der Waals surface area (Å²) >= 11 is 0. The molecule has 1 N–H and O–H groups in total. The van der Waals surface area contributed by atoms with E-state index in [9.17, 15) is 9.90 Å². The Hall–Kier alpha value is -2.89. The topological polar surface area (TPSA) is 74.2 Å². The van der Waals surface area contributed by atoms with Gasteiger partial charge in [0, 0.05) is 0 Å². The number of aliphatic carboxylic acids is 1. The van der Waals surface area contributed by atoms with Crippen molar-refractivity contribution in [1.82, 2.24) is 0 Å². The summed E-state index contributed by atoms with van der Waals surface area (Å²) < 4.78 is 21.2. The maximum absolute atomic E-state index is 11.5. The van der Waals surface area contributed by atoms with Gasteiger partial charge in [-0.15, -0.1) is 0 Å². The first-order valence-electron chi connectivity index (χ1n) is 7.06. The molecule has 0 fully saturated rings. The van der Waals surface area contributed by atoms with Gasteiger partial charge in [0.15, 0.2) is 11.5 Å². The van der Waals surface area contributed by atoms with E-state index in [1.54, 1.807) is 49.6 Å². The van der Waals surface area contributed by atoms with Crippen LogP contribution in [-0.4, -0.2) is 31.6 Å². The molecule has 0 saturated carbocycles. The maximum atomic E-state index is 11.5. The van der Waals surface area contributed by atoms with E-state index < -0.39 is 11.9 Å². The largest absolute Gasteiger partial charge is 0.497 e. The molecule has 0 aliphatic carbocycles. The third kappa shape index (κ3) is 3.31. The van der Waals surface area contributed by atoms with Crippen molar-refractivity contribution in [2.24, 2.45) is 0 Å². The Morgan fingerprint density at radius 2 is 1.83 bits per heavy atom. The molecule has 1 unspecified atom stereocenters. The van der Waals surface area contributed by atoms with Gasteiger partial charge >= 0.3 is 5.97 Å². The normalized spacial score (nSPS) is 13.4. The van der Waals surface area contributed by atoms with Crippen molar-refractivity contribution >= 4 is 5.97 Å². The molecule has 2 aromatic carbocycles. The molecule has 3 rings (SSSR count). The Kier molecular flexibility index (Phi) is 4.23. The highest BCUT2D eigenvalue weighted by molar-refractivity contribution is 5.76. The summed E-state index contributed by atoms with van der Waals surface area (Å²) in [4.78, 5) is 11.5. The van der Waals surface area contributed by atoms with E-state index >= 15 is 0 Å². The monoisotopic (exact) mass is 316 g/mol. The second-order valence-corrected chi connectivity index (χ2v) is 4.99. The molecule has 1 atom stereocenters. The van der Waals surface area contributed by atoms with Crippen molar-refractivity contribution in [3.63, 3.8) is 0 Å². The number of carbonyl (C=O) groups is 1. The summed E-state index contributed by atoms with van der Waals surface area (Å²) in [6, 6.07) is 12.1. The van der Waals surface area contributed by atoms with Crippen LogP contribution in [0.5, 0.6) is 23.0 Å². The van der Waals surface area contributed by atoms with E-state index in [0.29, 0.717) is 28.6 Å². The van der Waals surface area contributed by atoms with E-state index in [2.05, 4.69) is 0 Å². The predicted octanol–water partition coefficient (Wildman–Crippen LogP) is 2.67. The number of carboxylic acids is 1. The number of hydrogen-bond donors (Lipinski definition) is 1. The van der Waals surface area contributed by atoms with E-state index in [0.717, 1.165) is 0 Å². The average Bonchev–Trinajstić information content (AvgIpc) is 3.03. The van der Waals surface area contributed by atoms with Crippen LogP contribution in [0, 0.1) is 0 Å². The number of fused-ring (bicyclic) bond motifs is 1. The fraction of sp³-hybridized carbons (Fsp3) is 0.235. The highest BCUT2D eigenvalue weighted by Gasteiger charge is 2.24. The Bertz CT molecular complexity index is 695. The smallest absolute Gasteiger partial charge is 0.314 e. The van der Waals surface area contributed by atoms with Crippen LogP contribution in [0.1, 0.15) is 11.5 Å². The number of benzene rings is 2. The first-order valence-corrected chi connectivity index (χ1v) is 7.06. The lowest BCUT2D eigenvalue weighted by Gasteiger charge is -2.15. The molecule has 0 spiro atoms. The van der Waals surface area contributed by atoms with Crippen LogP contribution >= 0.6 is 0 Å². The zero-order valence-electron chi connectivity index (χ0n) is 12.5. The lowest BCUT2D eigenvalue weighted by Crippen LogP contribution is -2.19. The number of ether oxygens (including phenoxy) is 4. The van der Waals surface area contributed by atoms with Gasteiger partial charge in [0.1, 0.15) is 24.0 Å². The lowest BCUT2D eigenvalue weighted by molar-refractivity contribution is -0.139. The highest BCUT2D eigenvalue weighted by atomic mass is 16.7. The van der Waals surface area contributed by atoms with Crippen LogP contribution in [0.3, 0.4) is 0 Å². The van der Waals surface area contributed by atoms with E-state index in [4.69, 9.17) is 18.9 Å². The Balaban J connectivity index is 1.72. The summed E-state index contributed by atoms with van der Waals surface area (Å²) in [6.07, 6.45) is 0. The van der Waals surface area contributed by atoms with Gasteiger partial charge in [0.25, 0.3) is 0 Å². The van der Waals surface area contributed by atoms with Crippen LogP contribution in [0.2, 0.25) is 0 Å². The van der Waals surface area contributed by atoms with Gasteiger partial charge in [-0.2, -0.15) is 0 Å². The van der Waals surface area contributed by atoms with Crippen molar-refractivity contribution in [2.45, 2.75) is 5.92 Å². The zero-order valence-corrected chi connectivity index (χ0v) is 12.5. The molecule has 23 heavy (non-hydrogen) atoms. The van der Waals surface area contributed by atoms with E-state index in [-0.39, 0.29) is 13.4 Å². The molecule has 1 heterocycles. The molecule has 6 nitrogen and oxygen atoms in total. The van der Waals surface area contributed by atoms with Gasteiger partial charge < -0.3 is 24.1 Å². The van der Waals surface area contributed by atoms with Gasteiger partial charge in [-0.1, -0.05) is 6.07 Å². The summed E-state index contributed by atoms with van der Waals surface area (Å²) in [7, 11) is 1.58. The quantitative estimate of drug-likeness (QED) is 0.883. The molecule has 1 aliphatic rings. The van der Waals surface area contributed by atoms with Crippen molar-refractivity contribution in [1.29, 1.82) is 0 Å². The second kappa shape index (κ2) is 6.48. The van der Waals surface area contributed by atoms with Gasteiger partial charge in [0.2, 0.25) is 6.79 Å². The molecular weight excluding hydrogens is 300 g/mol. The van der Waals surface area contributed by atoms with Crippen LogP contribution in [0.4, 0.5) is 0 Å². The predicted molar refractivity (Wildman–Crippen MR) is 81.4 cm³/mol. The van der Waals surface area contributed by atoms with Gasteiger partial charge in [-0.25, -0.2) is 0 Å². The molecule has 1 aliphatic heterocycles. The molecule has 6 heteroatoms. The first kappa shape index (κ1) is 15.0. The van der Waals surface area contributed by atoms with E-state index in [1.165, 1.54) is 0 Å². The minimum absolute atomic E-state index is 0.0152. The molecule has 0 radical (unpaired) electrons. The number of carboxylic acid groups (broad SMARTS) is 1. The van der Waals surface area contributed by atoms with Crippen LogP contribution in [0.15, 0.2) is 42.5 Å². The van der Waals surface area contributed by atoms with Gasteiger partial charge in [0.05, 0.1) is 7.11 Å². The molecule has 2 aromatic rings. The Labute approximate surface area is 133 Å². The van der Waals surface area contributed by atoms with Crippen LogP contribution in [0.25, 0.3) is 0 Å². The average molecular weight is 316 g/mol. The summed E-state index contributed by atoms with van der Waals surface area (Å²) in [5, 5.41) is 9.46. The zero-order chi connectivity index (χ0) is 16.2. The number of rotatable bonds is 6. The number of methoxy groups -OCH3 is 1. The fourth-order valence-corrected chi connectivity index (χ4v) is 2.29. The van der Waals surface area contributed by atoms with Crippen molar-refractivity contribution in [3.8, 4) is 23.0 Å². The Morgan fingerprint density at radius 3 is 2.52 bits per heavy atom. The second-order valence-electron chi connectivity index (χ2n) is 4.99. The molecule has 120 valence electrons. The maximum Gasteiger partial charge on any atom is 0.314 e. The van der Waals surface area contributed by atoms with Crippen LogP contribution in [-0.2, 0) is 4.79 Å². The van der Waals surface area contributed by atoms with Gasteiger partial charge in [-0.3, -0.25) is 4.79 Å². The third-order valence-corrected chi connectivity index (χ3v) is 3.57. The summed E-state index contributed by atoms with van der Waals surface area (Å²) in [5.74, 6) is 0.705. The molecule has 0 bridgehead atoms. The fourth-order valence-electron chi connectivity index (χ4n) is 2.29. The molecular formula is C17H16O6. The molecule has 0 saturated heterocycles. The standard InChI is InChI=1S/C17H16O6/c1-20-12-3-5-13(6-4-12)21-9-14(17(18)19)11-2-7-15-16(8-11)23-10-22-15/h2-8,14H,9-10H2,1H3,(H,18,19). The van der Waals surface area contributed by atoms with E-state index in [1.807, 2.05) is 0 Å². The molecule has 0 aromatic heterocycles. The summed E-state index contributed by atoms with van der Waals surface area (Å²) in [5.41, 5.74) is 0.607. The minimum atomic E-state index is -0.961. The minimum Gasteiger partial charge on any atom is -0.497 e. The van der Waals surface area contributed by atoms with Crippen molar-refractivity contribution in [2.75, 3.05) is 20.5 Å². The van der Waals surface area contributed by atoms with Crippen molar-refractivity contribution in [3.05, 3.63) is 48.0 Å². The third-order valence-electron chi connectivity index (χ3n) is 3.57.